The highest BCUT2D eigenvalue weighted by Gasteiger charge is 2.34. The van der Waals surface area contributed by atoms with Gasteiger partial charge in [-0.3, -0.25) is 4.79 Å². The summed E-state index contributed by atoms with van der Waals surface area (Å²) in [5, 5.41) is 0. The summed E-state index contributed by atoms with van der Waals surface area (Å²) in [5.74, 6) is 0.878. The van der Waals surface area contributed by atoms with Crippen LogP contribution >= 0.6 is 0 Å². The lowest BCUT2D eigenvalue weighted by Gasteiger charge is -2.36. The number of amides is 1. The maximum atomic E-state index is 12.9. The van der Waals surface area contributed by atoms with Crippen LogP contribution in [0.15, 0.2) is 6.07 Å². The molecule has 1 amide bonds. The summed E-state index contributed by atoms with van der Waals surface area (Å²) in [7, 11) is 1.81. The number of hydrogen-bond acceptors (Lipinski definition) is 4. The maximum absolute atomic E-state index is 12.9. The molecule has 2 heterocycles. The van der Waals surface area contributed by atoms with Gasteiger partial charge in [-0.1, -0.05) is 20.8 Å². The second kappa shape index (κ2) is 7.40. The minimum atomic E-state index is -4.48. The molecule has 0 aliphatic carbocycles. The number of aromatic nitrogens is 2. The highest BCUT2D eigenvalue weighted by atomic mass is 19.4. The molecule has 0 unspecified atom stereocenters. The maximum Gasteiger partial charge on any atom is 0.433 e. The highest BCUT2D eigenvalue weighted by molar-refractivity contribution is 5.81. The molecule has 1 aromatic rings. The van der Waals surface area contributed by atoms with E-state index in [1.54, 1.807) is 4.90 Å². The van der Waals surface area contributed by atoms with Crippen molar-refractivity contribution in [1.29, 1.82) is 0 Å². The van der Waals surface area contributed by atoms with Crippen LogP contribution in [-0.2, 0) is 11.0 Å². The number of aryl methyl sites for hydroxylation is 1. The molecule has 0 spiro atoms. The number of carbonyl (C=O) groups excluding carboxylic acids is 1. The number of piperidine rings is 1. The molecule has 2 rings (SSSR count). The van der Waals surface area contributed by atoms with E-state index < -0.39 is 17.3 Å². The molecule has 0 N–H and O–H groups in total. The molecule has 0 aromatic carbocycles. The van der Waals surface area contributed by atoms with Crippen LogP contribution in [0.2, 0.25) is 0 Å². The van der Waals surface area contributed by atoms with Crippen LogP contribution in [0.4, 0.5) is 19.0 Å². The lowest BCUT2D eigenvalue weighted by Crippen LogP contribution is -2.43. The van der Waals surface area contributed by atoms with Crippen molar-refractivity contribution in [3.05, 3.63) is 17.6 Å². The molecule has 1 fully saturated rings. The van der Waals surface area contributed by atoms with Crippen molar-refractivity contribution in [3.63, 3.8) is 0 Å². The van der Waals surface area contributed by atoms with E-state index in [2.05, 4.69) is 9.97 Å². The number of hydrogen-bond donors (Lipinski definition) is 0. The Morgan fingerprint density at radius 1 is 1.23 bits per heavy atom. The van der Waals surface area contributed by atoms with Gasteiger partial charge in [-0.15, -0.1) is 0 Å². The van der Waals surface area contributed by atoms with Crippen LogP contribution in [0.25, 0.3) is 0 Å². The van der Waals surface area contributed by atoms with Crippen LogP contribution < -0.4 is 4.90 Å². The molecule has 1 aliphatic rings. The molecule has 1 aromatic heterocycles. The van der Waals surface area contributed by atoms with Crippen molar-refractivity contribution in [3.8, 4) is 0 Å². The van der Waals surface area contributed by atoms with Crippen molar-refractivity contribution in [2.75, 3.05) is 31.6 Å². The Morgan fingerprint density at radius 2 is 1.81 bits per heavy atom. The lowest BCUT2D eigenvalue weighted by molar-refractivity contribution is -0.141. The smallest absolute Gasteiger partial charge is 0.356 e. The minimum Gasteiger partial charge on any atom is -0.356 e. The Kier molecular flexibility index (Phi) is 5.82. The fraction of sp³-hybridized carbons (Fsp3) is 0.722. The highest BCUT2D eigenvalue weighted by Crippen LogP contribution is 2.31. The fourth-order valence-corrected chi connectivity index (χ4v) is 3.25. The number of rotatable bonds is 3. The van der Waals surface area contributed by atoms with Crippen LogP contribution in [0, 0.1) is 18.3 Å². The summed E-state index contributed by atoms with van der Waals surface area (Å²) >= 11 is 0. The zero-order valence-corrected chi connectivity index (χ0v) is 16.0. The topological polar surface area (TPSA) is 49.3 Å². The van der Waals surface area contributed by atoms with Gasteiger partial charge in [0.1, 0.15) is 17.3 Å². The van der Waals surface area contributed by atoms with E-state index in [0.717, 1.165) is 18.9 Å². The molecule has 26 heavy (non-hydrogen) atoms. The monoisotopic (exact) mass is 372 g/mol. The van der Waals surface area contributed by atoms with Gasteiger partial charge < -0.3 is 9.80 Å². The molecule has 0 bridgehead atoms. The van der Waals surface area contributed by atoms with Crippen LogP contribution in [0.5, 0.6) is 0 Å². The third-order valence-electron chi connectivity index (χ3n) is 4.57. The summed E-state index contributed by atoms with van der Waals surface area (Å²) < 4.78 is 38.8. The third-order valence-corrected chi connectivity index (χ3v) is 4.57. The van der Waals surface area contributed by atoms with Gasteiger partial charge in [-0.25, -0.2) is 9.97 Å². The second-order valence-electron chi connectivity index (χ2n) is 8.02. The van der Waals surface area contributed by atoms with Crippen LogP contribution in [-0.4, -0.2) is 47.5 Å². The molecule has 0 saturated carbocycles. The van der Waals surface area contributed by atoms with Gasteiger partial charge in [0.05, 0.1) is 0 Å². The van der Waals surface area contributed by atoms with Gasteiger partial charge in [0.25, 0.3) is 0 Å². The van der Waals surface area contributed by atoms with Crippen molar-refractivity contribution >= 4 is 11.7 Å². The predicted octanol–water partition coefficient (Wildman–Crippen LogP) is 3.52. The van der Waals surface area contributed by atoms with E-state index in [4.69, 9.17) is 0 Å². The first-order valence-corrected chi connectivity index (χ1v) is 8.81. The lowest BCUT2D eigenvalue weighted by atomic mass is 9.92. The number of anilines is 1. The Labute approximate surface area is 152 Å². The third kappa shape index (κ3) is 5.08. The summed E-state index contributed by atoms with van der Waals surface area (Å²) in [6.45, 7) is 9.06. The van der Waals surface area contributed by atoms with Gasteiger partial charge >= 0.3 is 6.18 Å². The summed E-state index contributed by atoms with van der Waals surface area (Å²) in [6.07, 6.45) is -2.85. The molecule has 146 valence electrons. The summed E-state index contributed by atoms with van der Waals surface area (Å²) in [4.78, 5) is 23.6. The van der Waals surface area contributed by atoms with E-state index in [9.17, 15) is 18.0 Å². The van der Waals surface area contributed by atoms with E-state index in [0.29, 0.717) is 31.4 Å². The molecule has 1 aliphatic heterocycles. The zero-order valence-electron chi connectivity index (χ0n) is 16.0. The molecule has 0 radical (unpaired) electrons. The van der Waals surface area contributed by atoms with Gasteiger partial charge in [0.2, 0.25) is 5.91 Å². The summed E-state index contributed by atoms with van der Waals surface area (Å²) in [6, 6.07) is 1.02. The van der Waals surface area contributed by atoms with Gasteiger partial charge in [-0.2, -0.15) is 13.2 Å². The predicted molar refractivity (Wildman–Crippen MR) is 93.8 cm³/mol. The molecular formula is C18H27F3N4O. The molecule has 8 heteroatoms. The first-order chi connectivity index (χ1) is 11.9. The number of alkyl halides is 3. The van der Waals surface area contributed by atoms with Crippen molar-refractivity contribution in [2.24, 2.45) is 11.3 Å². The Morgan fingerprint density at radius 3 is 2.31 bits per heavy atom. The largest absolute Gasteiger partial charge is 0.433 e. The quantitative estimate of drug-likeness (QED) is 0.815. The number of carbonyl (C=O) groups is 1. The Balaban J connectivity index is 1.99. The first kappa shape index (κ1) is 20.5. The number of nitrogens with zero attached hydrogens (tertiary/aromatic N) is 4. The SMILES string of the molecule is Cc1nc(N2CCC(CN(C)C(=O)C(C)(C)C)CC2)cc(C(F)(F)F)n1. The Bertz CT molecular complexity index is 647. The van der Waals surface area contributed by atoms with Crippen LogP contribution in [0.3, 0.4) is 0 Å². The first-order valence-electron chi connectivity index (χ1n) is 8.81. The van der Waals surface area contributed by atoms with E-state index in [1.165, 1.54) is 6.92 Å². The van der Waals surface area contributed by atoms with Gasteiger partial charge in [0, 0.05) is 38.2 Å². The van der Waals surface area contributed by atoms with Crippen molar-refractivity contribution in [1.82, 2.24) is 14.9 Å². The summed E-state index contributed by atoms with van der Waals surface area (Å²) in [5.41, 5.74) is -1.32. The minimum absolute atomic E-state index is 0.0983. The van der Waals surface area contributed by atoms with Gasteiger partial charge in [-0.05, 0) is 25.7 Å². The van der Waals surface area contributed by atoms with Crippen molar-refractivity contribution in [2.45, 2.75) is 46.7 Å². The normalized spacial score (nSPS) is 16.7. The van der Waals surface area contributed by atoms with E-state index in [1.807, 2.05) is 32.7 Å². The standard InChI is InChI=1S/C18H27F3N4O/c1-12-22-14(18(19,20)21)10-15(23-12)25-8-6-13(7-9-25)11-24(5)16(26)17(2,3)4/h10,13H,6-9,11H2,1-5H3. The zero-order chi connectivity index (χ0) is 19.7. The molecule has 1 saturated heterocycles. The second-order valence-corrected chi connectivity index (χ2v) is 8.02. The average Bonchev–Trinajstić information content (AvgIpc) is 2.52. The average molecular weight is 372 g/mol. The molecular weight excluding hydrogens is 345 g/mol. The van der Waals surface area contributed by atoms with E-state index in [-0.39, 0.29) is 11.7 Å². The number of halogens is 3. The molecule has 5 nitrogen and oxygen atoms in total. The van der Waals surface area contributed by atoms with E-state index >= 15 is 0 Å². The van der Waals surface area contributed by atoms with Crippen LogP contribution in [0.1, 0.15) is 45.1 Å². The molecule has 0 atom stereocenters. The van der Waals surface area contributed by atoms with Gasteiger partial charge in [0.15, 0.2) is 0 Å². The Hall–Kier alpha value is -1.86. The van der Waals surface area contributed by atoms with Crippen molar-refractivity contribution < 1.29 is 18.0 Å². The fourth-order valence-electron chi connectivity index (χ4n) is 3.25.